The highest BCUT2D eigenvalue weighted by molar-refractivity contribution is 4.97. The maximum absolute atomic E-state index is 5.97. The lowest BCUT2D eigenvalue weighted by molar-refractivity contribution is 0.259. The van der Waals surface area contributed by atoms with E-state index in [-0.39, 0.29) is 5.54 Å². The second-order valence-corrected chi connectivity index (χ2v) is 4.86. The zero-order chi connectivity index (χ0) is 11.7. The third-order valence-electron chi connectivity index (χ3n) is 3.63. The summed E-state index contributed by atoms with van der Waals surface area (Å²) in [7, 11) is 0. The molecule has 0 heterocycles. The van der Waals surface area contributed by atoms with Crippen LogP contribution in [0.1, 0.15) is 58.3 Å². The van der Waals surface area contributed by atoms with E-state index in [1.807, 2.05) is 6.92 Å². The molecule has 2 nitrogen and oxygen atoms in total. The van der Waals surface area contributed by atoms with Crippen LogP contribution in [0.25, 0.3) is 0 Å². The lowest BCUT2D eigenvalue weighted by Gasteiger charge is -2.35. The van der Waals surface area contributed by atoms with Crippen molar-refractivity contribution in [3.63, 3.8) is 0 Å². The van der Waals surface area contributed by atoms with E-state index < -0.39 is 0 Å². The average molecular weight is 222 g/mol. The summed E-state index contributed by atoms with van der Waals surface area (Å²) in [6.07, 6.45) is 10.2. The molecule has 16 heavy (non-hydrogen) atoms. The summed E-state index contributed by atoms with van der Waals surface area (Å²) in [5.41, 5.74) is 6.18. The Morgan fingerprint density at radius 3 is 2.31 bits per heavy atom. The van der Waals surface area contributed by atoms with Gasteiger partial charge in [-0.25, -0.2) is 0 Å². The molecule has 0 aromatic heterocycles. The second kappa shape index (κ2) is 7.70. The number of rotatable bonds is 4. The minimum absolute atomic E-state index is 0.204. The summed E-state index contributed by atoms with van der Waals surface area (Å²) in [6.45, 7) is 3.65. The SMILES string of the molecule is CC#CCCNC1(CN)CCCCCCC1. The van der Waals surface area contributed by atoms with Gasteiger partial charge in [-0.1, -0.05) is 32.1 Å². The number of nitrogens with two attached hydrogens (primary N) is 1. The van der Waals surface area contributed by atoms with Crippen molar-refractivity contribution in [1.82, 2.24) is 5.32 Å². The first kappa shape index (κ1) is 13.5. The van der Waals surface area contributed by atoms with Crippen LogP contribution in [0.15, 0.2) is 0 Å². The highest BCUT2D eigenvalue weighted by atomic mass is 15.0. The molecule has 0 radical (unpaired) electrons. The number of hydrogen-bond donors (Lipinski definition) is 2. The Bertz CT molecular complexity index is 229. The van der Waals surface area contributed by atoms with E-state index in [0.717, 1.165) is 19.5 Å². The van der Waals surface area contributed by atoms with Crippen molar-refractivity contribution in [3.8, 4) is 11.8 Å². The van der Waals surface area contributed by atoms with Gasteiger partial charge in [0, 0.05) is 25.0 Å². The zero-order valence-electron chi connectivity index (χ0n) is 10.6. The first-order valence-corrected chi connectivity index (χ1v) is 6.68. The average Bonchev–Trinajstić information content (AvgIpc) is 2.27. The topological polar surface area (TPSA) is 38.0 Å². The van der Waals surface area contributed by atoms with Crippen LogP contribution in [-0.4, -0.2) is 18.6 Å². The molecule has 0 aromatic carbocycles. The number of nitrogens with one attached hydrogen (secondary N) is 1. The van der Waals surface area contributed by atoms with Crippen molar-refractivity contribution in [2.45, 2.75) is 63.8 Å². The van der Waals surface area contributed by atoms with Crippen LogP contribution in [-0.2, 0) is 0 Å². The second-order valence-electron chi connectivity index (χ2n) is 4.86. The van der Waals surface area contributed by atoms with Crippen LogP contribution < -0.4 is 11.1 Å². The van der Waals surface area contributed by atoms with E-state index in [2.05, 4.69) is 17.2 Å². The minimum atomic E-state index is 0.204. The highest BCUT2D eigenvalue weighted by Crippen LogP contribution is 2.25. The van der Waals surface area contributed by atoms with Crippen molar-refractivity contribution >= 4 is 0 Å². The summed E-state index contributed by atoms with van der Waals surface area (Å²) in [6, 6.07) is 0. The summed E-state index contributed by atoms with van der Waals surface area (Å²) < 4.78 is 0. The van der Waals surface area contributed by atoms with Gasteiger partial charge in [0.1, 0.15) is 0 Å². The Morgan fingerprint density at radius 2 is 1.75 bits per heavy atom. The van der Waals surface area contributed by atoms with E-state index in [1.165, 1.54) is 44.9 Å². The molecule has 0 atom stereocenters. The van der Waals surface area contributed by atoms with Gasteiger partial charge >= 0.3 is 0 Å². The normalized spacial score (nSPS) is 20.4. The molecule has 0 aromatic rings. The van der Waals surface area contributed by atoms with Gasteiger partial charge in [0.2, 0.25) is 0 Å². The van der Waals surface area contributed by atoms with E-state index in [0.29, 0.717) is 0 Å². The predicted octanol–water partition coefficient (Wildman–Crippen LogP) is 2.43. The van der Waals surface area contributed by atoms with E-state index in [4.69, 9.17) is 5.73 Å². The first-order chi connectivity index (χ1) is 7.83. The summed E-state index contributed by atoms with van der Waals surface area (Å²) >= 11 is 0. The predicted molar refractivity (Wildman–Crippen MR) is 70.2 cm³/mol. The van der Waals surface area contributed by atoms with Crippen molar-refractivity contribution in [2.24, 2.45) is 5.73 Å². The molecular weight excluding hydrogens is 196 g/mol. The zero-order valence-corrected chi connectivity index (χ0v) is 10.6. The lowest BCUT2D eigenvalue weighted by atomic mass is 9.84. The summed E-state index contributed by atoms with van der Waals surface area (Å²) in [5, 5.41) is 3.66. The fourth-order valence-electron chi connectivity index (χ4n) is 2.55. The molecule has 0 amide bonds. The van der Waals surface area contributed by atoms with Crippen molar-refractivity contribution in [1.29, 1.82) is 0 Å². The Labute approximate surface area is 100 Å². The van der Waals surface area contributed by atoms with Crippen LogP contribution in [0.5, 0.6) is 0 Å². The van der Waals surface area contributed by atoms with Gasteiger partial charge in [0.15, 0.2) is 0 Å². The fourth-order valence-corrected chi connectivity index (χ4v) is 2.55. The molecule has 0 aliphatic heterocycles. The molecule has 0 spiro atoms. The molecule has 1 fully saturated rings. The van der Waals surface area contributed by atoms with Crippen LogP contribution in [0.2, 0.25) is 0 Å². The quantitative estimate of drug-likeness (QED) is 0.566. The lowest BCUT2D eigenvalue weighted by Crippen LogP contribution is -2.51. The maximum Gasteiger partial charge on any atom is 0.0304 e. The fraction of sp³-hybridized carbons (Fsp3) is 0.857. The molecular formula is C14H26N2. The molecule has 1 saturated carbocycles. The highest BCUT2D eigenvalue weighted by Gasteiger charge is 2.27. The Balaban J connectivity index is 2.40. The van der Waals surface area contributed by atoms with Gasteiger partial charge in [-0.15, -0.1) is 11.8 Å². The molecule has 0 bridgehead atoms. The van der Waals surface area contributed by atoms with Crippen molar-refractivity contribution in [2.75, 3.05) is 13.1 Å². The molecule has 0 unspecified atom stereocenters. The van der Waals surface area contributed by atoms with Gasteiger partial charge in [0.05, 0.1) is 0 Å². The Morgan fingerprint density at radius 1 is 1.12 bits per heavy atom. The van der Waals surface area contributed by atoms with Gasteiger partial charge < -0.3 is 11.1 Å². The molecule has 3 N–H and O–H groups in total. The van der Waals surface area contributed by atoms with Crippen molar-refractivity contribution in [3.05, 3.63) is 0 Å². The summed E-state index contributed by atoms with van der Waals surface area (Å²) in [4.78, 5) is 0. The van der Waals surface area contributed by atoms with Crippen LogP contribution in [0.3, 0.4) is 0 Å². The molecule has 1 aliphatic carbocycles. The summed E-state index contributed by atoms with van der Waals surface area (Å²) in [5.74, 6) is 6.04. The third-order valence-corrected chi connectivity index (χ3v) is 3.63. The van der Waals surface area contributed by atoms with Crippen LogP contribution >= 0.6 is 0 Å². The van der Waals surface area contributed by atoms with Gasteiger partial charge in [-0.3, -0.25) is 0 Å². The van der Waals surface area contributed by atoms with Gasteiger partial charge in [-0.2, -0.15) is 0 Å². The van der Waals surface area contributed by atoms with Crippen molar-refractivity contribution < 1.29 is 0 Å². The third kappa shape index (κ3) is 4.55. The monoisotopic (exact) mass is 222 g/mol. The number of hydrogen-bond acceptors (Lipinski definition) is 2. The van der Waals surface area contributed by atoms with E-state index in [9.17, 15) is 0 Å². The first-order valence-electron chi connectivity index (χ1n) is 6.68. The molecule has 92 valence electrons. The smallest absolute Gasteiger partial charge is 0.0304 e. The molecule has 2 heteroatoms. The Hall–Kier alpha value is -0.520. The van der Waals surface area contributed by atoms with Crippen LogP contribution in [0, 0.1) is 11.8 Å². The molecule has 1 rings (SSSR count). The van der Waals surface area contributed by atoms with Gasteiger partial charge in [0.25, 0.3) is 0 Å². The van der Waals surface area contributed by atoms with E-state index in [1.54, 1.807) is 0 Å². The Kier molecular flexibility index (Phi) is 6.52. The van der Waals surface area contributed by atoms with Gasteiger partial charge in [-0.05, 0) is 19.8 Å². The molecule has 1 aliphatic rings. The van der Waals surface area contributed by atoms with E-state index >= 15 is 0 Å². The minimum Gasteiger partial charge on any atom is -0.329 e. The molecule has 0 saturated heterocycles. The standard InChI is InChI=1S/C14H26N2/c1-2-3-9-12-16-14(13-15)10-7-5-4-6-8-11-14/h16H,4-13,15H2,1H3. The largest absolute Gasteiger partial charge is 0.329 e. The maximum atomic E-state index is 5.97. The van der Waals surface area contributed by atoms with Crippen LogP contribution in [0.4, 0.5) is 0 Å².